The topological polar surface area (TPSA) is 60.2 Å². The summed E-state index contributed by atoms with van der Waals surface area (Å²) in [6.07, 6.45) is 0. The Labute approximate surface area is 154 Å². The second-order valence-corrected chi connectivity index (χ2v) is 7.26. The fourth-order valence-electron chi connectivity index (χ4n) is 2.22. The van der Waals surface area contributed by atoms with E-state index >= 15 is 0 Å². The Balaban J connectivity index is 2.06. The smallest absolute Gasteiger partial charge is 0.232 e. The standard InChI is InChI=1S/C17H18N4O2S2/c1-20(2)15(22)11-25-17-19-18-16(14-9-6-10-24-14)21(17)12-7-4-5-8-13(12)23-3/h4-10H,11H2,1-3H3. The summed E-state index contributed by atoms with van der Waals surface area (Å²) in [5.41, 5.74) is 0.846. The van der Waals surface area contributed by atoms with E-state index in [0.29, 0.717) is 10.9 Å². The molecule has 2 heterocycles. The number of aromatic nitrogens is 3. The molecule has 25 heavy (non-hydrogen) atoms. The number of rotatable bonds is 6. The van der Waals surface area contributed by atoms with Crippen LogP contribution < -0.4 is 4.74 Å². The van der Waals surface area contributed by atoms with Crippen molar-refractivity contribution in [1.82, 2.24) is 19.7 Å². The molecular weight excluding hydrogens is 356 g/mol. The van der Waals surface area contributed by atoms with E-state index < -0.39 is 0 Å². The predicted molar refractivity (Wildman–Crippen MR) is 101 cm³/mol. The van der Waals surface area contributed by atoms with Gasteiger partial charge >= 0.3 is 0 Å². The van der Waals surface area contributed by atoms with Crippen molar-refractivity contribution in [1.29, 1.82) is 0 Å². The zero-order valence-electron chi connectivity index (χ0n) is 14.2. The summed E-state index contributed by atoms with van der Waals surface area (Å²) < 4.78 is 7.45. The number of thioether (sulfide) groups is 1. The van der Waals surface area contributed by atoms with Gasteiger partial charge in [-0.25, -0.2) is 0 Å². The summed E-state index contributed by atoms with van der Waals surface area (Å²) in [6, 6.07) is 11.7. The average Bonchev–Trinajstić information content (AvgIpc) is 3.28. The normalized spacial score (nSPS) is 10.7. The van der Waals surface area contributed by atoms with E-state index in [9.17, 15) is 4.79 Å². The third kappa shape index (κ3) is 3.69. The van der Waals surface area contributed by atoms with Gasteiger partial charge < -0.3 is 9.64 Å². The number of benzene rings is 1. The Morgan fingerprint density at radius 3 is 2.72 bits per heavy atom. The summed E-state index contributed by atoms with van der Waals surface area (Å²) >= 11 is 2.96. The van der Waals surface area contributed by atoms with Crippen LogP contribution in [-0.4, -0.2) is 52.5 Å². The zero-order valence-corrected chi connectivity index (χ0v) is 15.8. The summed E-state index contributed by atoms with van der Waals surface area (Å²) in [5.74, 6) is 1.78. The fraction of sp³-hybridized carbons (Fsp3) is 0.235. The second kappa shape index (κ2) is 7.71. The van der Waals surface area contributed by atoms with E-state index in [1.54, 1.807) is 37.4 Å². The molecule has 0 saturated carbocycles. The number of ether oxygens (including phenoxy) is 1. The third-order valence-electron chi connectivity index (χ3n) is 3.52. The number of amides is 1. The Morgan fingerprint density at radius 2 is 2.04 bits per heavy atom. The average molecular weight is 374 g/mol. The van der Waals surface area contributed by atoms with Crippen LogP contribution in [0.3, 0.4) is 0 Å². The van der Waals surface area contributed by atoms with Gasteiger partial charge in [-0.2, -0.15) is 0 Å². The van der Waals surface area contributed by atoms with Crippen molar-refractivity contribution in [3.63, 3.8) is 0 Å². The number of thiophene rings is 1. The molecule has 1 amide bonds. The van der Waals surface area contributed by atoms with Crippen LogP contribution >= 0.6 is 23.1 Å². The highest BCUT2D eigenvalue weighted by atomic mass is 32.2. The van der Waals surface area contributed by atoms with Crippen LogP contribution in [0.2, 0.25) is 0 Å². The van der Waals surface area contributed by atoms with Gasteiger partial charge in [0.25, 0.3) is 0 Å². The lowest BCUT2D eigenvalue weighted by atomic mass is 10.3. The minimum Gasteiger partial charge on any atom is -0.495 e. The summed E-state index contributed by atoms with van der Waals surface area (Å²) in [4.78, 5) is 14.5. The maximum Gasteiger partial charge on any atom is 0.232 e. The van der Waals surface area contributed by atoms with Crippen LogP contribution in [0.4, 0.5) is 0 Å². The first-order chi connectivity index (χ1) is 12.1. The molecule has 0 unspecified atom stereocenters. The van der Waals surface area contributed by atoms with Gasteiger partial charge in [0.1, 0.15) is 5.75 Å². The van der Waals surface area contributed by atoms with Crippen LogP contribution in [-0.2, 0) is 4.79 Å². The van der Waals surface area contributed by atoms with Gasteiger partial charge in [0.05, 0.1) is 23.4 Å². The summed E-state index contributed by atoms with van der Waals surface area (Å²) in [7, 11) is 5.12. The maximum atomic E-state index is 11.9. The third-order valence-corrected chi connectivity index (χ3v) is 5.30. The van der Waals surface area contributed by atoms with Crippen molar-refractivity contribution < 1.29 is 9.53 Å². The molecule has 3 rings (SSSR count). The molecule has 0 atom stereocenters. The molecule has 8 heteroatoms. The van der Waals surface area contributed by atoms with E-state index in [-0.39, 0.29) is 5.91 Å². The van der Waals surface area contributed by atoms with Gasteiger partial charge in [0, 0.05) is 14.1 Å². The molecular formula is C17H18N4O2S2. The van der Waals surface area contributed by atoms with Crippen molar-refractivity contribution in [3.05, 3.63) is 41.8 Å². The minimum atomic E-state index is 0.0252. The maximum absolute atomic E-state index is 11.9. The lowest BCUT2D eigenvalue weighted by Gasteiger charge is -2.14. The van der Waals surface area contributed by atoms with Crippen LogP contribution in [0.15, 0.2) is 46.9 Å². The number of carbonyl (C=O) groups excluding carboxylic acids is 1. The second-order valence-electron chi connectivity index (χ2n) is 5.37. The van der Waals surface area contributed by atoms with E-state index in [1.165, 1.54) is 11.8 Å². The Kier molecular flexibility index (Phi) is 5.40. The Hall–Kier alpha value is -2.32. The molecule has 0 spiro atoms. The summed E-state index contributed by atoms with van der Waals surface area (Å²) in [5, 5.41) is 11.3. The molecule has 3 aromatic rings. The molecule has 2 aromatic heterocycles. The Morgan fingerprint density at radius 1 is 1.24 bits per heavy atom. The largest absolute Gasteiger partial charge is 0.495 e. The van der Waals surface area contributed by atoms with Gasteiger partial charge in [-0.15, -0.1) is 21.5 Å². The molecule has 0 saturated heterocycles. The van der Waals surface area contributed by atoms with Gasteiger partial charge in [0.2, 0.25) is 5.91 Å². The van der Waals surface area contributed by atoms with Crippen LogP contribution in [0.5, 0.6) is 5.75 Å². The predicted octanol–water partition coefficient (Wildman–Crippen LogP) is 3.18. The lowest BCUT2D eigenvalue weighted by Crippen LogP contribution is -2.23. The van der Waals surface area contributed by atoms with Gasteiger partial charge in [-0.1, -0.05) is 30.0 Å². The molecule has 0 bridgehead atoms. The van der Waals surface area contributed by atoms with Gasteiger partial charge in [-0.05, 0) is 23.6 Å². The van der Waals surface area contributed by atoms with Crippen LogP contribution in [0.1, 0.15) is 0 Å². The minimum absolute atomic E-state index is 0.0252. The number of carbonyl (C=O) groups is 1. The van der Waals surface area contributed by atoms with E-state index in [1.807, 2.05) is 46.3 Å². The number of nitrogens with zero attached hydrogens (tertiary/aromatic N) is 4. The Bertz CT molecular complexity index is 859. The monoisotopic (exact) mass is 374 g/mol. The first kappa shape index (κ1) is 17.5. The number of hydrogen-bond acceptors (Lipinski definition) is 6. The molecule has 0 aliphatic heterocycles. The van der Waals surface area contributed by atoms with E-state index in [4.69, 9.17) is 4.74 Å². The first-order valence-electron chi connectivity index (χ1n) is 7.57. The van der Waals surface area contributed by atoms with E-state index in [0.717, 1.165) is 22.1 Å². The van der Waals surface area contributed by atoms with Gasteiger partial charge in [0.15, 0.2) is 11.0 Å². The van der Waals surface area contributed by atoms with Crippen molar-refractivity contribution in [2.75, 3.05) is 27.0 Å². The van der Waals surface area contributed by atoms with Crippen molar-refractivity contribution in [2.45, 2.75) is 5.16 Å². The quantitative estimate of drug-likeness (QED) is 0.620. The summed E-state index contributed by atoms with van der Waals surface area (Å²) in [6.45, 7) is 0. The first-order valence-corrected chi connectivity index (χ1v) is 9.44. The fourth-order valence-corrected chi connectivity index (χ4v) is 3.84. The zero-order chi connectivity index (χ0) is 17.8. The lowest BCUT2D eigenvalue weighted by molar-refractivity contribution is -0.125. The van der Waals surface area contributed by atoms with Crippen LogP contribution in [0, 0.1) is 0 Å². The molecule has 130 valence electrons. The number of hydrogen-bond donors (Lipinski definition) is 0. The molecule has 0 radical (unpaired) electrons. The highest BCUT2D eigenvalue weighted by Crippen LogP contribution is 2.33. The molecule has 0 aliphatic rings. The van der Waals surface area contributed by atoms with E-state index in [2.05, 4.69) is 10.2 Å². The highest BCUT2D eigenvalue weighted by Gasteiger charge is 2.20. The van der Waals surface area contributed by atoms with Crippen molar-refractivity contribution in [2.24, 2.45) is 0 Å². The molecule has 1 aromatic carbocycles. The number of para-hydroxylation sites is 2. The van der Waals surface area contributed by atoms with Crippen molar-refractivity contribution in [3.8, 4) is 22.1 Å². The van der Waals surface area contributed by atoms with Crippen molar-refractivity contribution >= 4 is 29.0 Å². The molecule has 0 N–H and O–H groups in total. The van der Waals surface area contributed by atoms with Gasteiger partial charge in [-0.3, -0.25) is 9.36 Å². The SMILES string of the molecule is COc1ccccc1-n1c(SCC(=O)N(C)C)nnc1-c1cccs1. The molecule has 0 fully saturated rings. The number of methoxy groups -OCH3 is 1. The molecule has 0 aliphatic carbocycles. The van der Waals surface area contributed by atoms with Crippen LogP contribution in [0.25, 0.3) is 16.4 Å². The highest BCUT2D eigenvalue weighted by molar-refractivity contribution is 7.99. The molecule has 6 nitrogen and oxygen atoms in total.